The maximum absolute atomic E-state index is 11.2. The average molecular weight is 201 g/mol. The second kappa shape index (κ2) is 4.48. The Morgan fingerprint density at radius 1 is 1.62 bits per heavy atom. The lowest BCUT2D eigenvalue weighted by Gasteiger charge is -2.35. The Labute approximate surface area is 83.1 Å². The van der Waals surface area contributed by atoms with E-state index in [2.05, 4.69) is 11.4 Å². The summed E-state index contributed by atoms with van der Waals surface area (Å²) in [6.07, 6.45) is 3.71. The lowest BCUT2D eigenvalue weighted by atomic mass is 9.78. The highest BCUT2D eigenvalue weighted by Gasteiger charge is 2.38. The normalized spacial score (nSPS) is 18.5. The lowest BCUT2D eigenvalue weighted by molar-refractivity contribution is -0.123. The van der Waals surface area contributed by atoms with E-state index in [1.807, 2.05) is 0 Å². The minimum absolute atomic E-state index is 0.0538. The second-order valence-corrected chi connectivity index (χ2v) is 3.77. The van der Waals surface area contributed by atoms with Crippen LogP contribution in [0, 0.1) is 11.3 Å². The zero-order valence-corrected chi connectivity index (χ0v) is 8.23. The predicted molar refractivity (Wildman–Crippen MR) is 50.3 cm³/mol. The van der Waals surface area contributed by atoms with E-state index < -0.39 is 5.54 Å². The Balaban J connectivity index is 2.31. The first kappa shape index (κ1) is 10.3. The third-order valence-electron chi connectivity index (χ3n) is 2.34. The second-order valence-electron chi connectivity index (χ2n) is 3.39. The Hall–Kier alpha value is -0.750. The Morgan fingerprint density at radius 2 is 2.31 bits per heavy atom. The van der Waals surface area contributed by atoms with E-state index in [4.69, 9.17) is 16.9 Å². The Morgan fingerprint density at radius 3 is 2.69 bits per heavy atom. The zero-order valence-electron chi connectivity index (χ0n) is 7.48. The molecule has 1 amide bonds. The molecular weight excluding hydrogens is 188 g/mol. The van der Waals surface area contributed by atoms with Crippen LogP contribution in [0.4, 0.5) is 0 Å². The number of alkyl halides is 1. The van der Waals surface area contributed by atoms with Gasteiger partial charge in [-0.3, -0.25) is 4.79 Å². The molecule has 0 unspecified atom stereocenters. The topological polar surface area (TPSA) is 52.9 Å². The van der Waals surface area contributed by atoms with Crippen molar-refractivity contribution in [1.82, 2.24) is 5.32 Å². The number of nitrogens with zero attached hydrogens (tertiary/aromatic N) is 1. The maximum Gasteiger partial charge on any atom is 0.221 e. The third kappa shape index (κ3) is 2.60. The standard InChI is InChI=1S/C9H13ClN2O/c10-6-1-3-8(13)12-9(7-11)4-2-5-9/h1-6H2,(H,12,13). The highest BCUT2D eigenvalue weighted by Crippen LogP contribution is 2.30. The molecule has 4 heteroatoms. The number of hydrogen-bond acceptors (Lipinski definition) is 2. The molecule has 1 aliphatic carbocycles. The van der Waals surface area contributed by atoms with E-state index in [1.165, 1.54) is 0 Å². The van der Waals surface area contributed by atoms with Crippen molar-refractivity contribution in [3.63, 3.8) is 0 Å². The van der Waals surface area contributed by atoms with E-state index in [0.29, 0.717) is 18.7 Å². The summed E-state index contributed by atoms with van der Waals surface area (Å²) in [5, 5.41) is 11.6. The molecule has 1 rings (SSSR count). The first-order chi connectivity index (χ1) is 6.22. The first-order valence-corrected chi connectivity index (χ1v) is 5.04. The molecule has 0 radical (unpaired) electrons. The number of nitriles is 1. The molecule has 1 saturated carbocycles. The van der Waals surface area contributed by atoms with E-state index in [1.54, 1.807) is 0 Å². The molecule has 0 aromatic heterocycles. The number of amides is 1. The van der Waals surface area contributed by atoms with Gasteiger partial charge in [-0.25, -0.2) is 0 Å². The molecule has 0 bridgehead atoms. The van der Waals surface area contributed by atoms with Gasteiger partial charge in [0, 0.05) is 12.3 Å². The van der Waals surface area contributed by atoms with Crippen molar-refractivity contribution in [1.29, 1.82) is 5.26 Å². The number of nitrogens with one attached hydrogen (secondary N) is 1. The van der Waals surface area contributed by atoms with E-state index in [-0.39, 0.29) is 5.91 Å². The monoisotopic (exact) mass is 200 g/mol. The van der Waals surface area contributed by atoms with Crippen molar-refractivity contribution >= 4 is 17.5 Å². The van der Waals surface area contributed by atoms with Gasteiger partial charge in [-0.15, -0.1) is 11.6 Å². The highest BCUT2D eigenvalue weighted by molar-refractivity contribution is 6.17. The first-order valence-electron chi connectivity index (χ1n) is 4.51. The van der Waals surface area contributed by atoms with Gasteiger partial charge >= 0.3 is 0 Å². The van der Waals surface area contributed by atoms with Gasteiger partial charge in [0.05, 0.1) is 6.07 Å². The minimum atomic E-state index is -0.552. The molecule has 0 saturated heterocycles. The quantitative estimate of drug-likeness (QED) is 0.701. The van der Waals surface area contributed by atoms with Gasteiger partial charge < -0.3 is 5.32 Å². The van der Waals surface area contributed by atoms with Crippen LogP contribution >= 0.6 is 11.6 Å². The average Bonchev–Trinajstić information content (AvgIpc) is 2.08. The molecule has 1 N–H and O–H groups in total. The maximum atomic E-state index is 11.2. The summed E-state index contributed by atoms with van der Waals surface area (Å²) in [6, 6.07) is 2.16. The fourth-order valence-corrected chi connectivity index (χ4v) is 1.49. The molecule has 1 aliphatic rings. The number of halogens is 1. The lowest BCUT2D eigenvalue weighted by Crippen LogP contribution is -2.52. The number of carbonyl (C=O) groups is 1. The zero-order chi connectivity index (χ0) is 9.73. The molecular formula is C9H13ClN2O. The van der Waals surface area contributed by atoms with Crippen LogP contribution in [0.1, 0.15) is 32.1 Å². The smallest absolute Gasteiger partial charge is 0.221 e. The molecule has 0 heterocycles. The molecule has 1 fully saturated rings. The van der Waals surface area contributed by atoms with Gasteiger partial charge in [-0.2, -0.15) is 5.26 Å². The summed E-state index contributed by atoms with van der Waals surface area (Å²) in [5.41, 5.74) is -0.552. The van der Waals surface area contributed by atoms with Crippen molar-refractivity contribution in [2.24, 2.45) is 0 Å². The van der Waals surface area contributed by atoms with Crippen LogP contribution < -0.4 is 5.32 Å². The fourth-order valence-electron chi connectivity index (χ4n) is 1.35. The van der Waals surface area contributed by atoms with Gasteiger partial charge in [0.2, 0.25) is 5.91 Å². The van der Waals surface area contributed by atoms with E-state index in [9.17, 15) is 4.79 Å². The van der Waals surface area contributed by atoms with Gasteiger partial charge in [-0.1, -0.05) is 0 Å². The van der Waals surface area contributed by atoms with E-state index >= 15 is 0 Å². The summed E-state index contributed by atoms with van der Waals surface area (Å²) >= 11 is 5.45. The van der Waals surface area contributed by atoms with Gasteiger partial charge in [0.25, 0.3) is 0 Å². The van der Waals surface area contributed by atoms with Gasteiger partial charge in [0.1, 0.15) is 5.54 Å². The molecule has 3 nitrogen and oxygen atoms in total. The predicted octanol–water partition coefficient (Wildman–Crippen LogP) is 1.57. The molecule has 13 heavy (non-hydrogen) atoms. The van der Waals surface area contributed by atoms with Crippen molar-refractivity contribution in [2.45, 2.75) is 37.6 Å². The Bertz CT molecular complexity index is 230. The number of hydrogen-bond donors (Lipinski definition) is 1. The van der Waals surface area contributed by atoms with Crippen LogP contribution in [0.5, 0.6) is 0 Å². The van der Waals surface area contributed by atoms with Crippen molar-refractivity contribution in [3.8, 4) is 6.07 Å². The summed E-state index contributed by atoms with van der Waals surface area (Å²) in [6.45, 7) is 0. The van der Waals surface area contributed by atoms with Crippen molar-refractivity contribution in [3.05, 3.63) is 0 Å². The SMILES string of the molecule is N#CC1(NC(=O)CCCCl)CCC1. The summed E-state index contributed by atoms with van der Waals surface area (Å²) in [4.78, 5) is 11.2. The van der Waals surface area contributed by atoms with Gasteiger partial charge in [0.15, 0.2) is 0 Å². The summed E-state index contributed by atoms with van der Waals surface area (Å²) in [7, 11) is 0. The molecule has 0 aromatic rings. The molecule has 72 valence electrons. The summed E-state index contributed by atoms with van der Waals surface area (Å²) < 4.78 is 0. The molecule has 0 atom stereocenters. The van der Waals surface area contributed by atoms with Crippen molar-refractivity contribution < 1.29 is 4.79 Å². The Kier molecular flexibility index (Phi) is 3.56. The van der Waals surface area contributed by atoms with Crippen LogP contribution in [-0.4, -0.2) is 17.3 Å². The largest absolute Gasteiger partial charge is 0.338 e. The van der Waals surface area contributed by atoms with Crippen LogP contribution in [0.25, 0.3) is 0 Å². The fraction of sp³-hybridized carbons (Fsp3) is 0.778. The minimum Gasteiger partial charge on any atom is -0.338 e. The number of rotatable bonds is 4. The van der Waals surface area contributed by atoms with Crippen LogP contribution in [0.2, 0.25) is 0 Å². The molecule has 0 spiro atoms. The highest BCUT2D eigenvalue weighted by atomic mass is 35.5. The van der Waals surface area contributed by atoms with Crippen LogP contribution in [0.3, 0.4) is 0 Å². The third-order valence-corrected chi connectivity index (χ3v) is 2.60. The van der Waals surface area contributed by atoms with Gasteiger partial charge in [-0.05, 0) is 25.7 Å². The van der Waals surface area contributed by atoms with Crippen molar-refractivity contribution in [2.75, 3.05) is 5.88 Å². The molecule has 0 aromatic carbocycles. The van der Waals surface area contributed by atoms with Crippen LogP contribution in [0.15, 0.2) is 0 Å². The molecule has 0 aliphatic heterocycles. The van der Waals surface area contributed by atoms with E-state index in [0.717, 1.165) is 19.3 Å². The number of carbonyl (C=O) groups excluding carboxylic acids is 1. The van der Waals surface area contributed by atoms with Crippen LogP contribution in [-0.2, 0) is 4.79 Å². The summed E-state index contributed by atoms with van der Waals surface area (Å²) in [5.74, 6) is 0.439.